The highest BCUT2D eigenvalue weighted by molar-refractivity contribution is 5.97. The normalized spacial score (nSPS) is 26.5. The summed E-state index contributed by atoms with van der Waals surface area (Å²) in [6, 6.07) is 7.49. The Kier molecular flexibility index (Phi) is 19.6. The number of allylic oxidation sites excluding steroid dienone is 1. The minimum atomic E-state index is -1.68. The van der Waals surface area contributed by atoms with Crippen LogP contribution in [-0.2, 0) is 55.9 Å². The van der Waals surface area contributed by atoms with Crippen molar-refractivity contribution in [1.29, 1.82) is 0 Å². The molecule has 2 aromatic rings. The van der Waals surface area contributed by atoms with Gasteiger partial charge in [-0.05, 0) is 83.6 Å². The second-order valence-corrected chi connectivity index (χ2v) is 16.8. The van der Waals surface area contributed by atoms with Crippen molar-refractivity contribution in [3.8, 4) is 5.75 Å². The highest BCUT2D eigenvalue weighted by atomic mass is 16.5. The van der Waals surface area contributed by atoms with Crippen LogP contribution in [0.3, 0.4) is 0 Å². The van der Waals surface area contributed by atoms with E-state index in [0.29, 0.717) is 11.1 Å². The molecule has 0 aromatic heterocycles. The predicted molar refractivity (Wildman–Crippen MR) is 240 cm³/mol. The highest BCUT2D eigenvalue weighted by Gasteiger charge is 2.42. The van der Waals surface area contributed by atoms with Crippen molar-refractivity contribution in [3.63, 3.8) is 0 Å². The first-order chi connectivity index (χ1) is 31.3. The number of nitrogens with zero attached hydrogens (tertiary/aromatic N) is 2. The number of hydrogen-bond donors (Lipinski definition) is 9. The van der Waals surface area contributed by atoms with Gasteiger partial charge in [-0.15, -0.1) is 0 Å². The van der Waals surface area contributed by atoms with E-state index < -0.39 is 109 Å². The molecule has 7 amide bonds. The van der Waals surface area contributed by atoms with E-state index in [1.807, 2.05) is 18.2 Å². The summed E-state index contributed by atoms with van der Waals surface area (Å²) in [6.45, 7) is 6.56. The van der Waals surface area contributed by atoms with Crippen LogP contribution in [0.1, 0.15) is 71.4 Å². The van der Waals surface area contributed by atoms with Crippen molar-refractivity contribution < 1.29 is 58.4 Å². The van der Waals surface area contributed by atoms with Crippen molar-refractivity contribution in [2.75, 3.05) is 26.7 Å². The third kappa shape index (κ3) is 15.4. The molecule has 10 unspecified atom stereocenters. The lowest BCUT2D eigenvalue weighted by Gasteiger charge is -2.43. The van der Waals surface area contributed by atoms with Gasteiger partial charge < -0.3 is 56.9 Å². The zero-order valence-corrected chi connectivity index (χ0v) is 38.2. The standard InChI is InChI=1S/C46H64N8O12/c1-7-26(2)41(60)48-24-38(58)52-40-29(5)66-46(65)28(4)49-43(62)35(21-31-13-16-33(56)17-14-31)53(6)45(64)36(22-30-11-9-8-10-12-30)54-25-32(15-20-39(54)59)50-42(61)34(51-44(40)63)18-19-37(57)47-23-27(3)55/h7-14,16-17,27-29,32,34-36,39-40,55-56,59H,15,18-25H2,1-6H3,(H,47,57)(H,48,60)(H,49,62)(H,50,61)(H,51,63)(H,52,58). The number of phenolic OH excluding ortho intramolecular Hbond substituents is 1. The number of aliphatic hydroxyl groups excluding tert-OH is 2. The van der Waals surface area contributed by atoms with Crippen LogP contribution >= 0.6 is 0 Å². The zero-order valence-electron chi connectivity index (χ0n) is 38.2. The summed E-state index contributed by atoms with van der Waals surface area (Å²) < 4.78 is 5.67. The lowest BCUT2D eigenvalue weighted by molar-refractivity contribution is -0.156. The molecule has 2 aliphatic rings. The lowest BCUT2D eigenvalue weighted by atomic mass is 9.95. The number of amides is 7. The smallest absolute Gasteiger partial charge is 0.328 e. The summed E-state index contributed by atoms with van der Waals surface area (Å²) >= 11 is 0. The van der Waals surface area contributed by atoms with E-state index in [2.05, 4.69) is 31.9 Å². The molecule has 0 spiro atoms. The quantitative estimate of drug-likeness (QED) is 0.0867. The summed E-state index contributed by atoms with van der Waals surface area (Å²) in [5.41, 5.74) is 1.62. The number of carbonyl (C=O) groups excluding carboxylic acids is 8. The van der Waals surface area contributed by atoms with Gasteiger partial charge >= 0.3 is 5.97 Å². The molecule has 2 fully saturated rings. The molecule has 10 atom stereocenters. The van der Waals surface area contributed by atoms with E-state index >= 15 is 0 Å². The fourth-order valence-corrected chi connectivity index (χ4v) is 7.50. The van der Waals surface area contributed by atoms with Crippen LogP contribution in [0.15, 0.2) is 66.2 Å². The van der Waals surface area contributed by atoms with Gasteiger partial charge in [-0.25, -0.2) is 4.79 Å². The first-order valence-corrected chi connectivity index (χ1v) is 22.1. The van der Waals surface area contributed by atoms with Gasteiger partial charge in [0.25, 0.3) is 0 Å². The van der Waals surface area contributed by atoms with Crippen molar-refractivity contribution >= 4 is 47.3 Å². The Balaban J connectivity index is 1.78. The van der Waals surface area contributed by atoms with Crippen molar-refractivity contribution in [1.82, 2.24) is 41.7 Å². The van der Waals surface area contributed by atoms with E-state index in [1.165, 1.54) is 57.9 Å². The van der Waals surface area contributed by atoms with Crippen LogP contribution < -0.4 is 31.9 Å². The van der Waals surface area contributed by atoms with Crippen LogP contribution in [0.5, 0.6) is 5.75 Å². The van der Waals surface area contributed by atoms with Crippen molar-refractivity contribution in [2.24, 2.45) is 0 Å². The number of carbonyl (C=O) groups is 8. The Morgan fingerprint density at radius 3 is 2.17 bits per heavy atom. The number of piperidine rings is 1. The summed E-state index contributed by atoms with van der Waals surface area (Å²) in [6.07, 6.45) is -2.13. The van der Waals surface area contributed by atoms with Gasteiger partial charge in [0.15, 0.2) is 0 Å². The molecular formula is C46H64N8O12. The highest BCUT2D eigenvalue weighted by Crippen LogP contribution is 2.24. The number of rotatable bonds is 13. The molecule has 2 heterocycles. The van der Waals surface area contributed by atoms with Crippen molar-refractivity contribution in [2.45, 2.75) is 128 Å². The molecule has 0 aliphatic carbocycles. The number of fused-ring (bicyclic) bond motifs is 2. The van der Waals surface area contributed by atoms with Gasteiger partial charge in [0.05, 0.1) is 18.7 Å². The fourth-order valence-electron chi connectivity index (χ4n) is 7.50. The third-order valence-corrected chi connectivity index (χ3v) is 11.5. The molecule has 20 heteroatoms. The molecular weight excluding hydrogens is 857 g/mol. The molecule has 66 heavy (non-hydrogen) atoms. The molecule has 4 rings (SSSR count). The number of phenols is 1. The second kappa shape index (κ2) is 24.8. The maximum absolute atomic E-state index is 14.9. The van der Waals surface area contributed by atoms with Gasteiger partial charge in [0, 0.05) is 44.6 Å². The number of aliphatic hydroxyl groups is 2. The zero-order chi connectivity index (χ0) is 48.7. The average molecular weight is 921 g/mol. The van der Waals surface area contributed by atoms with Gasteiger partial charge in [0.1, 0.15) is 42.2 Å². The number of hydrogen-bond acceptors (Lipinski definition) is 13. The van der Waals surface area contributed by atoms with Crippen LogP contribution in [0, 0.1) is 0 Å². The van der Waals surface area contributed by atoms with Crippen LogP contribution in [0.2, 0.25) is 0 Å². The molecule has 0 radical (unpaired) electrons. The Bertz CT molecular complexity index is 2070. The summed E-state index contributed by atoms with van der Waals surface area (Å²) in [4.78, 5) is 113. The Morgan fingerprint density at radius 2 is 1.52 bits per heavy atom. The number of aromatic hydroxyl groups is 1. The van der Waals surface area contributed by atoms with Gasteiger partial charge in [0.2, 0.25) is 41.4 Å². The third-order valence-electron chi connectivity index (χ3n) is 11.5. The summed E-state index contributed by atoms with van der Waals surface area (Å²) in [7, 11) is 1.43. The summed E-state index contributed by atoms with van der Waals surface area (Å²) in [5, 5.41) is 46.7. The molecule has 20 nitrogen and oxygen atoms in total. The first-order valence-electron chi connectivity index (χ1n) is 22.1. The van der Waals surface area contributed by atoms with E-state index in [0.717, 1.165) is 5.56 Å². The van der Waals surface area contributed by atoms with Crippen molar-refractivity contribution in [3.05, 3.63) is 77.4 Å². The van der Waals surface area contributed by atoms with E-state index in [4.69, 9.17) is 4.74 Å². The molecule has 9 N–H and O–H groups in total. The maximum Gasteiger partial charge on any atom is 0.328 e. The molecule has 2 aromatic carbocycles. The Hall–Kier alpha value is -6.38. The number of esters is 1. The number of likely N-dealkylation sites (N-methyl/N-ethyl adjacent to an activating group) is 1. The van der Waals surface area contributed by atoms with Crippen LogP contribution in [0.4, 0.5) is 0 Å². The average Bonchev–Trinajstić information content (AvgIpc) is 3.29. The maximum atomic E-state index is 14.9. The Labute approximate surface area is 384 Å². The minimum Gasteiger partial charge on any atom is -0.508 e. The number of nitrogens with one attached hydrogen (secondary N) is 6. The Morgan fingerprint density at radius 1 is 0.864 bits per heavy atom. The number of cyclic esters (lactones) is 1. The minimum absolute atomic E-state index is 0.0245. The molecule has 0 saturated carbocycles. The molecule has 360 valence electrons. The van der Waals surface area contributed by atoms with E-state index in [-0.39, 0.29) is 57.4 Å². The lowest BCUT2D eigenvalue weighted by Crippen LogP contribution is -2.63. The molecule has 2 saturated heterocycles. The fraction of sp³-hybridized carbons (Fsp3) is 0.522. The monoisotopic (exact) mass is 920 g/mol. The molecule has 2 bridgehead atoms. The molecule has 2 aliphatic heterocycles. The van der Waals surface area contributed by atoms with E-state index in [9.17, 15) is 53.7 Å². The largest absolute Gasteiger partial charge is 0.508 e. The van der Waals surface area contributed by atoms with E-state index in [1.54, 1.807) is 36.1 Å². The van der Waals surface area contributed by atoms with Gasteiger partial charge in [-0.1, -0.05) is 48.5 Å². The second-order valence-electron chi connectivity index (χ2n) is 16.8. The van der Waals surface area contributed by atoms with Gasteiger partial charge in [-0.3, -0.25) is 38.5 Å². The number of ether oxygens (including phenoxy) is 1. The topological polar surface area (TPSA) is 285 Å². The predicted octanol–water partition coefficient (Wildman–Crippen LogP) is -0.949. The van der Waals surface area contributed by atoms with Gasteiger partial charge in [-0.2, -0.15) is 0 Å². The first kappa shape index (κ1) is 52.2. The SMILES string of the molecule is CC=C(C)C(=O)NCC(=O)NC1C(=O)NC(CCC(=O)NCC(C)O)C(=O)NC2CCC(O)N(C2)C(Cc2ccccc2)C(=O)N(C)C(Cc2ccc(O)cc2)C(=O)NC(C)C(=O)OC1C. The van der Waals surface area contributed by atoms with Crippen LogP contribution in [0.25, 0.3) is 0 Å². The van der Waals surface area contributed by atoms with Crippen LogP contribution in [-0.4, -0.2) is 154 Å². The number of benzene rings is 2. The summed E-state index contributed by atoms with van der Waals surface area (Å²) in [5.74, 6) is -6.06.